The summed E-state index contributed by atoms with van der Waals surface area (Å²) >= 11 is 0. The van der Waals surface area contributed by atoms with Gasteiger partial charge in [-0.3, -0.25) is 0 Å². The van der Waals surface area contributed by atoms with Gasteiger partial charge in [-0.1, -0.05) is 13.8 Å². The van der Waals surface area contributed by atoms with Crippen LogP contribution in [0.4, 0.5) is 0 Å². The second-order valence-corrected chi connectivity index (χ2v) is 7.51. The third kappa shape index (κ3) is 2.12. The molecular formula is C16H29NO. The highest BCUT2D eigenvalue weighted by Gasteiger charge is 2.49. The SMILES string of the molecule is CC1CCC(N)(C2CCOC3(CCC3)C2)CC1C. The van der Waals surface area contributed by atoms with E-state index in [9.17, 15) is 0 Å². The number of ether oxygens (including phenoxy) is 1. The fourth-order valence-corrected chi connectivity index (χ4v) is 4.49. The molecular weight excluding hydrogens is 222 g/mol. The fourth-order valence-electron chi connectivity index (χ4n) is 4.49. The number of hydrogen-bond donors (Lipinski definition) is 1. The van der Waals surface area contributed by atoms with Crippen LogP contribution >= 0.6 is 0 Å². The summed E-state index contributed by atoms with van der Waals surface area (Å²) in [6.45, 7) is 5.74. The minimum atomic E-state index is 0.109. The lowest BCUT2D eigenvalue weighted by atomic mass is 9.60. The maximum absolute atomic E-state index is 6.83. The van der Waals surface area contributed by atoms with Gasteiger partial charge in [0.05, 0.1) is 5.60 Å². The van der Waals surface area contributed by atoms with Crippen molar-refractivity contribution in [3.63, 3.8) is 0 Å². The lowest BCUT2D eigenvalue weighted by Crippen LogP contribution is -2.57. The standard InChI is InChI=1S/C16H29NO/c1-12-4-8-16(17,10-13(12)2)14-5-9-18-15(11-14)6-3-7-15/h12-14H,3-11,17H2,1-2H3. The molecule has 2 nitrogen and oxygen atoms in total. The van der Waals surface area contributed by atoms with E-state index in [1.807, 2.05) is 0 Å². The minimum Gasteiger partial charge on any atom is -0.375 e. The molecule has 0 aromatic heterocycles. The quantitative estimate of drug-likeness (QED) is 0.774. The smallest absolute Gasteiger partial charge is 0.0686 e. The number of hydrogen-bond acceptors (Lipinski definition) is 2. The molecule has 2 heteroatoms. The van der Waals surface area contributed by atoms with Crippen LogP contribution in [0.5, 0.6) is 0 Å². The fraction of sp³-hybridized carbons (Fsp3) is 1.00. The van der Waals surface area contributed by atoms with Gasteiger partial charge in [-0.25, -0.2) is 0 Å². The number of rotatable bonds is 1. The average Bonchev–Trinajstić information content (AvgIpc) is 2.33. The third-order valence-corrected chi connectivity index (χ3v) is 6.31. The summed E-state index contributed by atoms with van der Waals surface area (Å²) in [7, 11) is 0. The first kappa shape index (κ1) is 12.9. The van der Waals surface area contributed by atoms with Crippen molar-refractivity contribution >= 4 is 0 Å². The molecule has 104 valence electrons. The monoisotopic (exact) mass is 251 g/mol. The topological polar surface area (TPSA) is 35.2 Å². The van der Waals surface area contributed by atoms with E-state index in [1.54, 1.807) is 0 Å². The largest absolute Gasteiger partial charge is 0.375 e. The molecule has 2 N–H and O–H groups in total. The van der Waals surface area contributed by atoms with Crippen molar-refractivity contribution in [2.24, 2.45) is 23.5 Å². The lowest BCUT2D eigenvalue weighted by molar-refractivity contribution is -0.155. The summed E-state index contributed by atoms with van der Waals surface area (Å²) in [6, 6.07) is 0. The van der Waals surface area contributed by atoms with E-state index in [4.69, 9.17) is 10.5 Å². The van der Waals surface area contributed by atoms with E-state index in [0.29, 0.717) is 5.92 Å². The zero-order valence-corrected chi connectivity index (χ0v) is 12.1. The summed E-state index contributed by atoms with van der Waals surface area (Å²) in [5.41, 5.74) is 7.19. The number of nitrogens with two attached hydrogens (primary N) is 1. The highest BCUT2D eigenvalue weighted by atomic mass is 16.5. The van der Waals surface area contributed by atoms with E-state index in [2.05, 4.69) is 13.8 Å². The normalized spacial score (nSPS) is 47.8. The Labute approximate surface area is 112 Å². The van der Waals surface area contributed by atoms with Gasteiger partial charge in [0.1, 0.15) is 0 Å². The molecule has 0 radical (unpaired) electrons. The van der Waals surface area contributed by atoms with Gasteiger partial charge in [-0.15, -0.1) is 0 Å². The zero-order chi connectivity index (χ0) is 12.8. The Balaban J connectivity index is 1.69. The van der Waals surface area contributed by atoms with Gasteiger partial charge in [-0.2, -0.15) is 0 Å². The summed E-state index contributed by atoms with van der Waals surface area (Å²) in [4.78, 5) is 0. The molecule has 18 heavy (non-hydrogen) atoms. The second kappa shape index (κ2) is 4.49. The summed E-state index contributed by atoms with van der Waals surface area (Å²) in [5, 5.41) is 0. The summed E-state index contributed by atoms with van der Waals surface area (Å²) in [6.07, 6.45) is 10.1. The predicted molar refractivity (Wildman–Crippen MR) is 74.4 cm³/mol. The molecule has 3 fully saturated rings. The second-order valence-electron chi connectivity index (χ2n) is 7.51. The molecule has 2 aliphatic carbocycles. The van der Waals surface area contributed by atoms with E-state index in [0.717, 1.165) is 18.4 Å². The highest BCUT2D eigenvalue weighted by Crippen LogP contribution is 2.50. The molecule has 1 spiro atoms. The Kier molecular flexibility index (Phi) is 3.22. The van der Waals surface area contributed by atoms with Crippen molar-refractivity contribution in [2.75, 3.05) is 6.61 Å². The van der Waals surface area contributed by atoms with Crippen LogP contribution in [0.15, 0.2) is 0 Å². The summed E-state index contributed by atoms with van der Waals surface area (Å²) in [5.74, 6) is 2.37. The molecule has 0 aromatic carbocycles. The Morgan fingerprint density at radius 3 is 2.39 bits per heavy atom. The minimum absolute atomic E-state index is 0.109. The van der Waals surface area contributed by atoms with Crippen LogP contribution in [-0.4, -0.2) is 17.7 Å². The molecule has 0 aromatic rings. The predicted octanol–water partition coefficient (Wildman–Crippen LogP) is 3.49. The Bertz CT molecular complexity index is 312. The van der Waals surface area contributed by atoms with Crippen LogP contribution in [-0.2, 0) is 4.74 Å². The summed E-state index contributed by atoms with van der Waals surface area (Å²) < 4.78 is 6.06. The molecule has 4 atom stereocenters. The van der Waals surface area contributed by atoms with Crippen LogP contribution in [0.3, 0.4) is 0 Å². The first-order valence-corrected chi connectivity index (χ1v) is 7.96. The van der Waals surface area contributed by atoms with Gasteiger partial charge in [0.25, 0.3) is 0 Å². The van der Waals surface area contributed by atoms with Gasteiger partial charge < -0.3 is 10.5 Å². The van der Waals surface area contributed by atoms with Crippen LogP contribution in [0.25, 0.3) is 0 Å². The van der Waals surface area contributed by atoms with Crippen molar-refractivity contribution in [1.29, 1.82) is 0 Å². The molecule has 0 amide bonds. The van der Waals surface area contributed by atoms with Gasteiger partial charge in [0, 0.05) is 12.1 Å². The van der Waals surface area contributed by atoms with Crippen LogP contribution in [0.1, 0.15) is 65.2 Å². The van der Waals surface area contributed by atoms with E-state index in [-0.39, 0.29) is 11.1 Å². The van der Waals surface area contributed by atoms with Gasteiger partial charge in [0.15, 0.2) is 0 Å². The van der Waals surface area contributed by atoms with E-state index < -0.39 is 0 Å². The van der Waals surface area contributed by atoms with Crippen molar-refractivity contribution in [3.8, 4) is 0 Å². The van der Waals surface area contributed by atoms with E-state index >= 15 is 0 Å². The van der Waals surface area contributed by atoms with Crippen molar-refractivity contribution in [1.82, 2.24) is 0 Å². The Morgan fingerprint density at radius 2 is 1.78 bits per heavy atom. The lowest BCUT2D eigenvalue weighted by Gasteiger charge is -2.53. The maximum Gasteiger partial charge on any atom is 0.0686 e. The molecule has 4 unspecified atom stereocenters. The van der Waals surface area contributed by atoms with Crippen molar-refractivity contribution < 1.29 is 4.74 Å². The Hall–Kier alpha value is -0.0800. The van der Waals surface area contributed by atoms with Gasteiger partial charge in [-0.05, 0) is 69.1 Å². The molecule has 3 aliphatic rings. The molecule has 2 saturated carbocycles. The first-order valence-electron chi connectivity index (χ1n) is 7.96. The molecule has 1 heterocycles. The Morgan fingerprint density at radius 1 is 1.00 bits per heavy atom. The van der Waals surface area contributed by atoms with Crippen molar-refractivity contribution in [3.05, 3.63) is 0 Å². The first-order chi connectivity index (χ1) is 8.53. The van der Waals surface area contributed by atoms with Crippen LogP contribution in [0, 0.1) is 17.8 Å². The van der Waals surface area contributed by atoms with Gasteiger partial charge >= 0.3 is 0 Å². The van der Waals surface area contributed by atoms with Crippen molar-refractivity contribution in [2.45, 2.75) is 76.4 Å². The third-order valence-electron chi connectivity index (χ3n) is 6.31. The van der Waals surface area contributed by atoms with Gasteiger partial charge in [0.2, 0.25) is 0 Å². The van der Waals surface area contributed by atoms with E-state index in [1.165, 1.54) is 51.4 Å². The molecule has 1 saturated heterocycles. The molecule has 1 aliphatic heterocycles. The zero-order valence-electron chi connectivity index (χ0n) is 12.1. The molecule has 0 bridgehead atoms. The highest BCUT2D eigenvalue weighted by molar-refractivity contribution is 5.03. The average molecular weight is 251 g/mol. The van der Waals surface area contributed by atoms with Crippen LogP contribution < -0.4 is 5.73 Å². The van der Waals surface area contributed by atoms with Crippen LogP contribution in [0.2, 0.25) is 0 Å². The maximum atomic E-state index is 6.83. The molecule has 3 rings (SSSR count).